The van der Waals surface area contributed by atoms with Crippen LogP contribution in [0.3, 0.4) is 0 Å². The Bertz CT molecular complexity index is 236. The summed E-state index contributed by atoms with van der Waals surface area (Å²) >= 11 is 0. The number of likely N-dealkylation sites (N-methyl/N-ethyl adjacent to an activating group) is 1. The van der Waals surface area contributed by atoms with Crippen molar-refractivity contribution >= 4 is 0 Å². The summed E-state index contributed by atoms with van der Waals surface area (Å²) in [7, 11) is 2.23. The molecule has 0 radical (unpaired) electrons. The Labute approximate surface area is 105 Å². The van der Waals surface area contributed by atoms with E-state index in [1.807, 2.05) is 0 Å². The third-order valence-electron chi connectivity index (χ3n) is 3.79. The first kappa shape index (κ1) is 13.1. The van der Waals surface area contributed by atoms with Crippen LogP contribution in [0.25, 0.3) is 0 Å². The van der Waals surface area contributed by atoms with E-state index in [2.05, 4.69) is 29.4 Å². The van der Waals surface area contributed by atoms with E-state index in [1.165, 1.54) is 32.1 Å². The molecule has 1 aliphatic heterocycles. The molecule has 2 unspecified atom stereocenters. The highest BCUT2D eigenvalue weighted by Crippen LogP contribution is 2.16. The van der Waals surface area contributed by atoms with Gasteiger partial charge in [0, 0.05) is 25.7 Å². The van der Waals surface area contributed by atoms with Gasteiger partial charge in [-0.3, -0.25) is 4.90 Å². The Morgan fingerprint density at radius 1 is 1.35 bits per heavy atom. The average molecular weight is 238 g/mol. The molecule has 1 heterocycles. The molecule has 0 bridgehead atoms. The van der Waals surface area contributed by atoms with Crippen LogP contribution in [0, 0.1) is 0 Å². The third kappa shape index (κ3) is 4.41. The van der Waals surface area contributed by atoms with E-state index in [9.17, 15) is 0 Å². The van der Waals surface area contributed by atoms with Gasteiger partial charge in [0.15, 0.2) is 0 Å². The lowest BCUT2D eigenvalue weighted by Gasteiger charge is -2.32. The van der Waals surface area contributed by atoms with Gasteiger partial charge >= 0.3 is 0 Å². The number of rotatable bonds is 3. The van der Waals surface area contributed by atoms with Gasteiger partial charge in [0.25, 0.3) is 0 Å². The maximum atomic E-state index is 5.77. The minimum atomic E-state index is 0.368. The van der Waals surface area contributed by atoms with Gasteiger partial charge in [0.1, 0.15) is 0 Å². The van der Waals surface area contributed by atoms with Gasteiger partial charge in [0.05, 0.1) is 12.7 Å². The number of hydrogen-bond acceptors (Lipinski definition) is 3. The molecule has 1 fully saturated rings. The summed E-state index contributed by atoms with van der Waals surface area (Å²) in [4.78, 5) is 2.46. The summed E-state index contributed by atoms with van der Waals surface area (Å²) in [6.45, 7) is 3.91. The molecule has 2 rings (SSSR count). The van der Waals surface area contributed by atoms with Crippen molar-refractivity contribution in [3.05, 3.63) is 12.2 Å². The summed E-state index contributed by atoms with van der Waals surface area (Å²) in [5, 5.41) is 3.40. The molecule has 17 heavy (non-hydrogen) atoms. The molecule has 0 aromatic carbocycles. The van der Waals surface area contributed by atoms with Gasteiger partial charge in [-0.1, -0.05) is 25.0 Å². The highest BCUT2D eigenvalue weighted by atomic mass is 16.5. The number of nitrogens with one attached hydrogen (secondary N) is 1. The highest BCUT2D eigenvalue weighted by Gasteiger charge is 2.19. The van der Waals surface area contributed by atoms with Gasteiger partial charge in [-0.05, 0) is 26.3 Å². The molecule has 0 aromatic heterocycles. The summed E-state index contributed by atoms with van der Waals surface area (Å²) in [6.07, 6.45) is 11.8. The van der Waals surface area contributed by atoms with Crippen molar-refractivity contribution in [3.8, 4) is 0 Å². The monoisotopic (exact) mass is 238 g/mol. The van der Waals surface area contributed by atoms with Crippen LogP contribution in [0.4, 0.5) is 0 Å². The SMILES string of the molecule is CN(CC1CNCCO1)C1/C=C/CCCCC1. The first-order valence-electron chi connectivity index (χ1n) is 7.05. The zero-order valence-corrected chi connectivity index (χ0v) is 11.0. The van der Waals surface area contributed by atoms with Crippen LogP contribution in [0.1, 0.15) is 32.1 Å². The second-order valence-corrected chi connectivity index (χ2v) is 5.27. The number of nitrogens with zero attached hydrogens (tertiary/aromatic N) is 1. The van der Waals surface area contributed by atoms with Crippen LogP contribution < -0.4 is 5.32 Å². The smallest absolute Gasteiger partial charge is 0.0826 e. The van der Waals surface area contributed by atoms with Crippen molar-refractivity contribution in [2.24, 2.45) is 0 Å². The van der Waals surface area contributed by atoms with Crippen molar-refractivity contribution in [1.29, 1.82) is 0 Å². The second kappa shape index (κ2) is 7.14. The van der Waals surface area contributed by atoms with Gasteiger partial charge in [-0.15, -0.1) is 0 Å². The van der Waals surface area contributed by atoms with Crippen molar-refractivity contribution in [1.82, 2.24) is 10.2 Å². The Morgan fingerprint density at radius 3 is 3.12 bits per heavy atom. The van der Waals surface area contributed by atoms with E-state index in [0.717, 1.165) is 26.2 Å². The molecule has 98 valence electrons. The molecular weight excluding hydrogens is 212 g/mol. The molecule has 0 saturated carbocycles. The molecule has 3 heteroatoms. The van der Waals surface area contributed by atoms with Gasteiger partial charge in [-0.25, -0.2) is 0 Å². The van der Waals surface area contributed by atoms with Crippen LogP contribution in [-0.2, 0) is 4.74 Å². The van der Waals surface area contributed by atoms with Crippen LogP contribution in [0.2, 0.25) is 0 Å². The number of ether oxygens (including phenoxy) is 1. The largest absolute Gasteiger partial charge is 0.374 e. The lowest BCUT2D eigenvalue weighted by atomic mass is 10.0. The molecule has 0 amide bonds. The van der Waals surface area contributed by atoms with E-state index in [0.29, 0.717) is 12.1 Å². The fourth-order valence-corrected chi connectivity index (χ4v) is 2.70. The Balaban J connectivity index is 1.79. The third-order valence-corrected chi connectivity index (χ3v) is 3.79. The first-order chi connectivity index (χ1) is 8.36. The lowest BCUT2D eigenvalue weighted by Crippen LogP contribution is -2.46. The molecule has 2 aliphatic rings. The summed E-state index contributed by atoms with van der Waals surface area (Å²) in [6, 6.07) is 0.612. The maximum Gasteiger partial charge on any atom is 0.0826 e. The van der Waals surface area contributed by atoms with E-state index in [-0.39, 0.29) is 0 Å². The summed E-state index contributed by atoms with van der Waals surface area (Å²) in [5.41, 5.74) is 0. The van der Waals surface area contributed by atoms with Crippen LogP contribution in [0.5, 0.6) is 0 Å². The highest BCUT2D eigenvalue weighted by molar-refractivity contribution is 4.95. The molecule has 1 N–H and O–H groups in total. The minimum absolute atomic E-state index is 0.368. The topological polar surface area (TPSA) is 24.5 Å². The standard InChI is InChI=1S/C14H26N2O/c1-16(12-14-11-15-9-10-17-14)13-7-5-3-2-4-6-8-13/h5,7,13-15H,2-4,6,8-12H2,1H3/b7-5+. The van der Waals surface area contributed by atoms with E-state index >= 15 is 0 Å². The zero-order chi connectivity index (χ0) is 11.9. The second-order valence-electron chi connectivity index (χ2n) is 5.27. The van der Waals surface area contributed by atoms with Crippen LogP contribution in [0.15, 0.2) is 12.2 Å². The van der Waals surface area contributed by atoms with E-state index in [1.54, 1.807) is 0 Å². The fourth-order valence-electron chi connectivity index (χ4n) is 2.70. The number of hydrogen-bond donors (Lipinski definition) is 1. The predicted molar refractivity (Wildman–Crippen MR) is 71.3 cm³/mol. The Hall–Kier alpha value is -0.380. The average Bonchev–Trinajstić information content (AvgIpc) is 2.29. The molecular formula is C14H26N2O. The minimum Gasteiger partial charge on any atom is -0.374 e. The van der Waals surface area contributed by atoms with Crippen molar-refractivity contribution in [2.75, 3.05) is 33.3 Å². The number of morpholine rings is 1. The van der Waals surface area contributed by atoms with Crippen molar-refractivity contribution < 1.29 is 4.74 Å². The van der Waals surface area contributed by atoms with Gasteiger partial charge in [0.2, 0.25) is 0 Å². The number of allylic oxidation sites excluding steroid dienone is 1. The molecule has 1 aliphatic carbocycles. The summed E-state index contributed by atoms with van der Waals surface area (Å²) < 4.78 is 5.77. The maximum absolute atomic E-state index is 5.77. The zero-order valence-electron chi connectivity index (χ0n) is 11.0. The van der Waals surface area contributed by atoms with Crippen LogP contribution >= 0.6 is 0 Å². The predicted octanol–water partition coefficient (Wildman–Crippen LogP) is 1.80. The van der Waals surface area contributed by atoms with E-state index < -0.39 is 0 Å². The lowest BCUT2D eigenvalue weighted by molar-refractivity contribution is 0.00531. The van der Waals surface area contributed by atoms with E-state index in [4.69, 9.17) is 4.74 Å². The molecule has 1 saturated heterocycles. The van der Waals surface area contributed by atoms with Gasteiger partial charge in [-0.2, -0.15) is 0 Å². The van der Waals surface area contributed by atoms with Crippen molar-refractivity contribution in [3.63, 3.8) is 0 Å². The van der Waals surface area contributed by atoms with Gasteiger partial charge < -0.3 is 10.1 Å². The Morgan fingerprint density at radius 2 is 2.29 bits per heavy atom. The normalized spacial score (nSPS) is 33.1. The van der Waals surface area contributed by atoms with Crippen molar-refractivity contribution in [2.45, 2.75) is 44.2 Å². The molecule has 2 atom stereocenters. The summed E-state index contributed by atoms with van der Waals surface area (Å²) in [5.74, 6) is 0. The molecule has 3 nitrogen and oxygen atoms in total. The molecule has 0 aromatic rings. The van der Waals surface area contributed by atoms with Crippen LogP contribution in [-0.4, -0.2) is 50.3 Å². The molecule has 0 spiro atoms. The Kier molecular flexibility index (Phi) is 5.49. The quantitative estimate of drug-likeness (QED) is 0.759. The first-order valence-corrected chi connectivity index (χ1v) is 7.05. The fraction of sp³-hybridized carbons (Fsp3) is 0.857.